The average molecular weight is 734 g/mol. The highest BCUT2D eigenvalue weighted by Crippen LogP contribution is 2.51. The van der Waals surface area contributed by atoms with Gasteiger partial charge in [-0.1, -0.05) is 100 Å². The van der Waals surface area contributed by atoms with Crippen LogP contribution < -0.4 is 21.2 Å². The first-order chi connectivity index (χ1) is 25.7. The van der Waals surface area contributed by atoms with Gasteiger partial charge in [-0.15, -0.1) is 20.4 Å². The first-order valence-corrected chi connectivity index (χ1v) is 21.1. The van der Waals surface area contributed by atoms with Crippen molar-refractivity contribution in [2.24, 2.45) is 0 Å². The van der Waals surface area contributed by atoms with Crippen LogP contribution in [-0.2, 0) is 9.13 Å². The van der Waals surface area contributed by atoms with Crippen LogP contribution in [-0.4, -0.2) is 46.2 Å². The van der Waals surface area contributed by atoms with Crippen LogP contribution in [0.2, 0.25) is 0 Å². The molecule has 0 aliphatic heterocycles. The van der Waals surface area contributed by atoms with Crippen molar-refractivity contribution in [3.63, 3.8) is 0 Å². The zero-order chi connectivity index (χ0) is 36.7. The number of pyridine rings is 2. The van der Waals surface area contributed by atoms with Crippen LogP contribution in [0.5, 0.6) is 0 Å². The number of fused-ring (bicyclic) bond motifs is 3. The third kappa shape index (κ3) is 5.90. The molecule has 4 heterocycles. The number of hydrogen-bond acceptors (Lipinski definition) is 8. The minimum Gasteiger partial charge on any atom is -0.313 e. The fourth-order valence-electron chi connectivity index (χ4n) is 7.21. The Kier molecular flexibility index (Phi) is 8.93. The average Bonchev–Trinajstić information content (AvgIpc) is 3.54. The first-order valence-electron chi connectivity index (χ1n) is 17.5. The summed E-state index contributed by atoms with van der Waals surface area (Å²) in [4.78, 5) is 9.06. The second-order valence-corrected chi connectivity index (χ2v) is 20.4. The highest BCUT2D eigenvalue weighted by atomic mass is 31.2. The van der Waals surface area contributed by atoms with Crippen molar-refractivity contribution in [1.29, 1.82) is 0 Å². The smallest absolute Gasteiger partial charge is 0.273 e. The molecule has 53 heavy (non-hydrogen) atoms. The van der Waals surface area contributed by atoms with Crippen LogP contribution in [0, 0.1) is 0 Å². The molecule has 9 nitrogen and oxygen atoms in total. The van der Waals surface area contributed by atoms with E-state index >= 15 is 9.13 Å². The topological polar surface area (TPSA) is 116 Å². The predicted octanol–water partition coefficient (Wildman–Crippen LogP) is 7.93. The molecule has 0 fully saturated rings. The summed E-state index contributed by atoms with van der Waals surface area (Å²) in [6.07, 6.45) is 4.81. The van der Waals surface area contributed by atoms with E-state index in [9.17, 15) is 0 Å². The number of rotatable bonds is 9. The largest absolute Gasteiger partial charge is 0.313 e. The van der Waals surface area contributed by atoms with Crippen molar-refractivity contribution in [3.05, 3.63) is 140 Å². The lowest BCUT2D eigenvalue weighted by atomic mass is 10.1. The Morgan fingerprint density at radius 1 is 0.509 bits per heavy atom. The number of benzene rings is 4. The molecule has 0 saturated carbocycles. The Hall–Kier alpha value is -5.62. The van der Waals surface area contributed by atoms with Crippen LogP contribution in [0.4, 0.5) is 0 Å². The highest BCUT2D eigenvalue weighted by molar-refractivity contribution is 7.79. The summed E-state index contributed by atoms with van der Waals surface area (Å²) in [6.45, 7) is 8.00. The summed E-state index contributed by atoms with van der Waals surface area (Å²) in [7, 11) is -6.37. The molecule has 2 atom stereocenters. The molecule has 0 amide bonds. The zero-order valence-electron chi connectivity index (χ0n) is 29.8. The van der Waals surface area contributed by atoms with Gasteiger partial charge in [0.2, 0.25) is 0 Å². The van der Waals surface area contributed by atoms with E-state index in [2.05, 4.69) is 30.4 Å². The van der Waals surface area contributed by atoms with Crippen LogP contribution in [0.25, 0.3) is 50.3 Å². The fourth-order valence-corrected chi connectivity index (χ4v) is 12.7. The standard InChI is InChI=1S/C42H37N7O2P2/c1-28(2)52(50,32-13-9-11-30(23-32)38-15-5-7-21-43-38)34-17-19-36-37-20-18-35(26-41(37)49(40(36)25-34)42-47-45-27-46-48-42)53(51,29(3)4)33-14-10-12-31(24-33)39-16-6-8-22-44-39/h5-29H,1-4H3. The molecule has 0 radical (unpaired) electrons. The monoisotopic (exact) mass is 733 g/mol. The van der Waals surface area contributed by atoms with Gasteiger partial charge in [-0.3, -0.25) is 14.5 Å². The normalized spacial score (nSPS) is 14.1. The molecule has 11 heteroatoms. The van der Waals surface area contributed by atoms with Gasteiger partial charge in [0.15, 0.2) is 6.33 Å². The van der Waals surface area contributed by atoms with Gasteiger partial charge in [0, 0.05) is 66.8 Å². The quantitative estimate of drug-likeness (QED) is 0.137. The van der Waals surface area contributed by atoms with Gasteiger partial charge >= 0.3 is 0 Å². The maximum Gasteiger partial charge on any atom is 0.273 e. The van der Waals surface area contributed by atoms with Gasteiger partial charge < -0.3 is 9.13 Å². The summed E-state index contributed by atoms with van der Waals surface area (Å²) in [6, 6.07) is 39.3. The number of aromatic nitrogens is 7. The van der Waals surface area contributed by atoms with E-state index < -0.39 is 14.3 Å². The van der Waals surface area contributed by atoms with Crippen LogP contribution in [0.1, 0.15) is 27.7 Å². The molecule has 0 saturated heterocycles. The molecule has 4 aromatic heterocycles. The Labute approximate surface area is 308 Å². The van der Waals surface area contributed by atoms with Crippen molar-refractivity contribution in [3.8, 4) is 28.5 Å². The van der Waals surface area contributed by atoms with Crippen molar-refractivity contribution in [2.75, 3.05) is 0 Å². The lowest BCUT2D eigenvalue weighted by Gasteiger charge is -2.24. The summed E-state index contributed by atoms with van der Waals surface area (Å²) >= 11 is 0. The van der Waals surface area contributed by atoms with E-state index in [1.54, 1.807) is 12.4 Å². The molecule has 262 valence electrons. The lowest BCUT2D eigenvalue weighted by Crippen LogP contribution is -2.23. The number of nitrogens with zero attached hydrogens (tertiary/aromatic N) is 7. The molecule has 4 aromatic carbocycles. The molecule has 0 aliphatic carbocycles. The third-order valence-corrected chi connectivity index (χ3v) is 17.0. The van der Waals surface area contributed by atoms with E-state index in [0.29, 0.717) is 10.6 Å². The lowest BCUT2D eigenvalue weighted by molar-refractivity contribution is 0.581. The molecule has 8 rings (SSSR count). The summed E-state index contributed by atoms with van der Waals surface area (Å²) < 4.78 is 32.7. The zero-order valence-corrected chi connectivity index (χ0v) is 31.6. The first kappa shape index (κ1) is 34.5. The van der Waals surface area contributed by atoms with E-state index in [4.69, 9.17) is 0 Å². The summed E-state index contributed by atoms with van der Waals surface area (Å²) in [5.41, 5.74) is 4.56. The minimum atomic E-state index is -3.18. The Bertz CT molecular complexity index is 2530. The Balaban J connectivity index is 1.33. The molecule has 8 aromatic rings. The number of hydrogen-bond donors (Lipinski definition) is 0. The third-order valence-electron chi connectivity index (χ3n) is 9.93. The maximum absolute atomic E-state index is 15.4. The molecule has 0 aliphatic rings. The van der Waals surface area contributed by atoms with Gasteiger partial charge in [0.25, 0.3) is 5.95 Å². The molecule has 0 bridgehead atoms. The van der Waals surface area contributed by atoms with Crippen LogP contribution in [0.3, 0.4) is 0 Å². The van der Waals surface area contributed by atoms with E-state index in [0.717, 1.165) is 54.9 Å². The van der Waals surface area contributed by atoms with Crippen LogP contribution >= 0.6 is 14.3 Å². The molecule has 0 spiro atoms. The highest BCUT2D eigenvalue weighted by Gasteiger charge is 2.34. The maximum atomic E-state index is 15.4. The van der Waals surface area contributed by atoms with Crippen molar-refractivity contribution >= 4 is 57.3 Å². The summed E-state index contributed by atoms with van der Waals surface area (Å²) in [5, 5.41) is 21.6. The molecular weight excluding hydrogens is 696 g/mol. The Morgan fingerprint density at radius 3 is 1.38 bits per heavy atom. The van der Waals surface area contributed by atoms with Gasteiger partial charge in [-0.2, -0.15) is 0 Å². The fraction of sp³-hybridized carbons (Fsp3) is 0.143. The second kappa shape index (κ2) is 13.7. The van der Waals surface area contributed by atoms with Crippen LogP contribution in [0.15, 0.2) is 140 Å². The van der Waals surface area contributed by atoms with Gasteiger partial charge in [0.1, 0.15) is 14.3 Å². The van der Waals surface area contributed by atoms with Crippen molar-refractivity contribution < 1.29 is 9.13 Å². The molecular formula is C42H37N7O2P2. The molecule has 0 N–H and O–H groups in total. The van der Waals surface area contributed by atoms with E-state index in [1.165, 1.54) is 6.33 Å². The predicted molar refractivity (Wildman–Crippen MR) is 215 cm³/mol. The minimum absolute atomic E-state index is 0.196. The van der Waals surface area contributed by atoms with Gasteiger partial charge in [-0.05, 0) is 48.5 Å². The van der Waals surface area contributed by atoms with Crippen molar-refractivity contribution in [1.82, 2.24) is 34.9 Å². The van der Waals surface area contributed by atoms with Crippen molar-refractivity contribution in [2.45, 2.75) is 39.0 Å². The second-order valence-electron chi connectivity index (χ2n) is 13.6. The van der Waals surface area contributed by atoms with Gasteiger partial charge in [-0.25, -0.2) is 0 Å². The van der Waals surface area contributed by atoms with E-state index in [1.807, 2.05) is 154 Å². The van der Waals surface area contributed by atoms with E-state index in [-0.39, 0.29) is 17.3 Å². The van der Waals surface area contributed by atoms with Gasteiger partial charge in [0.05, 0.1) is 22.4 Å². The Morgan fingerprint density at radius 2 is 0.962 bits per heavy atom. The molecule has 2 unspecified atom stereocenters. The SMILES string of the molecule is CC(C)P(=O)(c1cccc(-c2ccccn2)c1)c1ccc2c3ccc(P(=O)(c4cccc(-c5ccccn5)c4)C(C)C)cc3n(-c3nncnn3)c2c1. The summed E-state index contributed by atoms with van der Waals surface area (Å²) in [5.74, 6) is 0.259.